The monoisotopic (exact) mass is 474 g/mol. The van der Waals surface area contributed by atoms with Gasteiger partial charge in [-0.05, 0) is 30.9 Å². The second-order valence-corrected chi connectivity index (χ2v) is 10.5. The number of alkyl halides is 3. The van der Waals surface area contributed by atoms with Crippen molar-refractivity contribution in [2.24, 2.45) is 5.92 Å². The molecule has 0 bridgehead atoms. The van der Waals surface area contributed by atoms with Crippen molar-refractivity contribution in [3.05, 3.63) is 47.8 Å². The molecular formula is C21H26F4N4O2S. The van der Waals surface area contributed by atoms with Crippen molar-refractivity contribution in [1.82, 2.24) is 14.3 Å². The zero-order valence-electron chi connectivity index (χ0n) is 17.5. The van der Waals surface area contributed by atoms with Gasteiger partial charge in [0.2, 0.25) is 0 Å². The van der Waals surface area contributed by atoms with Crippen LogP contribution >= 0.6 is 0 Å². The quantitative estimate of drug-likeness (QED) is 0.624. The van der Waals surface area contributed by atoms with E-state index in [2.05, 4.69) is 9.97 Å². The number of sulfonamides is 1. The summed E-state index contributed by atoms with van der Waals surface area (Å²) in [6.07, 6.45) is 8.81. The van der Waals surface area contributed by atoms with Gasteiger partial charge in [-0.25, -0.2) is 17.8 Å². The van der Waals surface area contributed by atoms with Gasteiger partial charge in [0, 0.05) is 36.6 Å². The fourth-order valence-corrected chi connectivity index (χ4v) is 5.78. The Labute approximate surface area is 184 Å². The molecular weight excluding hydrogens is 448 g/mol. The number of aromatic amines is 1. The third-order valence-corrected chi connectivity index (χ3v) is 8.05. The average Bonchev–Trinajstić information content (AvgIpc) is 3.40. The molecule has 0 spiro atoms. The Balaban J connectivity index is 1.74. The van der Waals surface area contributed by atoms with E-state index in [-0.39, 0.29) is 18.7 Å². The smallest absolute Gasteiger partial charge is 0.361 e. The summed E-state index contributed by atoms with van der Waals surface area (Å²) in [6.45, 7) is -0.772. The highest BCUT2D eigenvalue weighted by Crippen LogP contribution is 2.38. The van der Waals surface area contributed by atoms with Crippen molar-refractivity contribution >= 4 is 15.7 Å². The second kappa shape index (κ2) is 9.01. The first kappa shape index (κ1) is 23.0. The molecule has 1 saturated carbocycles. The van der Waals surface area contributed by atoms with E-state index in [1.807, 2.05) is 4.90 Å². The van der Waals surface area contributed by atoms with Gasteiger partial charge in [-0.2, -0.15) is 17.5 Å². The number of benzene rings is 1. The molecule has 1 aromatic heterocycles. The first-order valence-corrected chi connectivity index (χ1v) is 12.2. The second-order valence-electron chi connectivity index (χ2n) is 8.57. The highest BCUT2D eigenvalue weighted by molar-refractivity contribution is 7.89. The zero-order chi connectivity index (χ0) is 22.9. The minimum Gasteiger partial charge on any atom is -0.361 e. The molecule has 2 aliphatic rings. The largest absolute Gasteiger partial charge is 0.511 e. The first-order valence-electron chi connectivity index (χ1n) is 10.7. The maximum Gasteiger partial charge on any atom is 0.511 e. The molecule has 1 aliphatic heterocycles. The van der Waals surface area contributed by atoms with Crippen LogP contribution in [-0.2, 0) is 23.1 Å². The van der Waals surface area contributed by atoms with Crippen molar-refractivity contribution in [2.45, 2.75) is 63.2 Å². The number of nitrogens with zero attached hydrogens (tertiary/aromatic N) is 3. The third-order valence-electron chi connectivity index (χ3n) is 6.50. The molecule has 0 amide bonds. The Hall–Kier alpha value is -2.14. The van der Waals surface area contributed by atoms with Crippen LogP contribution in [0.2, 0.25) is 0 Å². The summed E-state index contributed by atoms with van der Waals surface area (Å²) in [5.74, 6) is -0.247. The van der Waals surface area contributed by atoms with Crippen LogP contribution in [0, 0.1) is 11.7 Å². The fraction of sp³-hybridized carbons (Fsp3) is 0.571. The Morgan fingerprint density at radius 2 is 1.91 bits per heavy atom. The molecule has 1 aromatic carbocycles. The van der Waals surface area contributed by atoms with E-state index >= 15 is 0 Å². The van der Waals surface area contributed by atoms with Gasteiger partial charge >= 0.3 is 15.5 Å². The number of nitrogens with one attached hydrogen (secondary N) is 1. The highest BCUT2D eigenvalue weighted by atomic mass is 32.2. The van der Waals surface area contributed by atoms with Crippen molar-refractivity contribution in [2.75, 3.05) is 11.4 Å². The fourth-order valence-electron chi connectivity index (χ4n) is 4.82. The SMILES string of the molecule is O=S(=O)(N1Cc2c(F)cccc2N(Cc2cnc[nH]2)[C@@H](CCC2CCCC2)C1)C(F)(F)F. The molecule has 11 heteroatoms. The van der Waals surface area contributed by atoms with E-state index in [0.29, 0.717) is 28.0 Å². The topological polar surface area (TPSA) is 69.3 Å². The summed E-state index contributed by atoms with van der Waals surface area (Å²) in [7, 11) is -5.62. The van der Waals surface area contributed by atoms with E-state index in [1.165, 1.54) is 12.4 Å². The number of anilines is 1. The van der Waals surface area contributed by atoms with E-state index in [4.69, 9.17) is 0 Å². The lowest BCUT2D eigenvalue weighted by molar-refractivity contribution is -0.0492. The lowest BCUT2D eigenvalue weighted by atomic mass is 9.97. The number of halogens is 4. The molecule has 6 nitrogen and oxygen atoms in total. The molecule has 2 aromatic rings. The Morgan fingerprint density at radius 1 is 1.16 bits per heavy atom. The van der Waals surface area contributed by atoms with Crippen LogP contribution in [0.4, 0.5) is 23.2 Å². The number of fused-ring (bicyclic) bond motifs is 1. The number of imidazole rings is 1. The Bertz CT molecular complexity index is 1020. The molecule has 32 heavy (non-hydrogen) atoms. The molecule has 1 atom stereocenters. The van der Waals surface area contributed by atoms with Gasteiger partial charge in [-0.3, -0.25) is 0 Å². The van der Waals surface area contributed by atoms with Crippen LogP contribution in [0.15, 0.2) is 30.7 Å². The number of aromatic nitrogens is 2. The Morgan fingerprint density at radius 3 is 2.56 bits per heavy atom. The standard InChI is InChI=1S/C21H26F4N4O2S/c22-19-6-3-7-20-18(19)13-28(32(30,31)21(23,24)25)12-17(9-8-15-4-1-2-5-15)29(20)11-16-10-26-14-27-16/h3,6-7,10,14-15,17H,1-2,4-5,8-9,11-13H2,(H,26,27)/t17-/m0/s1. The van der Waals surface area contributed by atoms with Crippen LogP contribution < -0.4 is 4.90 Å². The van der Waals surface area contributed by atoms with E-state index in [0.717, 1.165) is 38.2 Å². The molecule has 2 heterocycles. The molecule has 1 aliphatic carbocycles. The van der Waals surface area contributed by atoms with Gasteiger partial charge in [-0.15, -0.1) is 0 Å². The van der Waals surface area contributed by atoms with Gasteiger partial charge in [-0.1, -0.05) is 31.7 Å². The van der Waals surface area contributed by atoms with E-state index in [9.17, 15) is 26.0 Å². The summed E-state index contributed by atoms with van der Waals surface area (Å²) in [5.41, 5.74) is -4.38. The number of hydrogen-bond acceptors (Lipinski definition) is 4. The Kier molecular flexibility index (Phi) is 6.49. The summed E-state index contributed by atoms with van der Waals surface area (Å²) >= 11 is 0. The molecule has 0 unspecified atom stereocenters. The van der Waals surface area contributed by atoms with Crippen molar-refractivity contribution < 1.29 is 26.0 Å². The van der Waals surface area contributed by atoms with Crippen LogP contribution in [0.25, 0.3) is 0 Å². The molecule has 1 fully saturated rings. The molecule has 0 saturated heterocycles. The lowest BCUT2D eigenvalue weighted by Gasteiger charge is -2.34. The third kappa shape index (κ3) is 4.63. The number of rotatable bonds is 6. The average molecular weight is 475 g/mol. The van der Waals surface area contributed by atoms with Crippen LogP contribution in [-0.4, -0.2) is 40.8 Å². The first-order chi connectivity index (χ1) is 15.2. The number of hydrogen-bond donors (Lipinski definition) is 1. The summed E-state index contributed by atoms with van der Waals surface area (Å²) in [5, 5.41) is 0. The molecule has 176 valence electrons. The zero-order valence-corrected chi connectivity index (χ0v) is 18.3. The molecule has 1 N–H and O–H groups in total. The van der Waals surface area contributed by atoms with Gasteiger partial charge in [0.1, 0.15) is 5.82 Å². The summed E-state index contributed by atoms with van der Waals surface area (Å²) < 4.78 is 80.2. The predicted molar refractivity (Wildman–Crippen MR) is 112 cm³/mol. The maximum absolute atomic E-state index is 14.8. The maximum atomic E-state index is 14.8. The highest BCUT2D eigenvalue weighted by Gasteiger charge is 2.51. The molecule has 0 radical (unpaired) electrons. The van der Waals surface area contributed by atoms with E-state index < -0.39 is 33.9 Å². The van der Waals surface area contributed by atoms with Crippen molar-refractivity contribution in [3.63, 3.8) is 0 Å². The van der Waals surface area contributed by atoms with Crippen molar-refractivity contribution in [3.8, 4) is 0 Å². The summed E-state index contributed by atoms with van der Waals surface area (Å²) in [4.78, 5) is 8.80. The predicted octanol–water partition coefficient (Wildman–Crippen LogP) is 4.56. The van der Waals surface area contributed by atoms with Gasteiger partial charge in [0.15, 0.2) is 0 Å². The van der Waals surface area contributed by atoms with E-state index in [1.54, 1.807) is 12.3 Å². The minimum absolute atomic E-state index is 0.0526. The van der Waals surface area contributed by atoms with Gasteiger partial charge in [0.05, 0.1) is 18.6 Å². The summed E-state index contributed by atoms with van der Waals surface area (Å²) in [6, 6.07) is 3.74. The number of H-pyrrole nitrogens is 1. The van der Waals surface area contributed by atoms with Gasteiger partial charge in [0.25, 0.3) is 0 Å². The minimum atomic E-state index is -5.62. The van der Waals surface area contributed by atoms with Crippen LogP contribution in [0.3, 0.4) is 0 Å². The van der Waals surface area contributed by atoms with Gasteiger partial charge < -0.3 is 9.88 Å². The van der Waals surface area contributed by atoms with Crippen LogP contribution in [0.5, 0.6) is 0 Å². The lowest BCUT2D eigenvalue weighted by Crippen LogP contribution is -2.47. The van der Waals surface area contributed by atoms with Crippen LogP contribution in [0.1, 0.15) is 49.8 Å². The van der Waals surface area contributed by atoms with Crippen molar-refractivity contribution in [1.29, 1.82) is 0 Å². The molecule has 4 rings (SSSR count). The normalized spacial score (nSPS) is 21.0.